The first-order valence-corrected chi connectivity index (χ1v) is 9.10. The average Bonchev–Trinajstić information content (AvgIpc) is 3.31. The summed E-state index contributed by atoms with van der Waals surface area (Å²) in [5, 5.41) is 0. The lowest BCUT2D eigenvalue weighted by molar-refractivity contribution is -0.130. The zero-order valence-electron chi connectivity index (χ0n) is 14.9. The van der Waals surface area contributed by atoms with Crippen molar-refractivity contribution in [2.24, 2.45) is 0 Å². The van der Waals surface area contributed by atoms with Crippen molar-refractivity contribution < 1.29 is 9.18 Å². The van der Waals surface area contributed by atoms with E-state index in [0.29, 0.717) is 5.56 Å². The summed E-state index contributed by atoms with van der Waals surface area (Å²) < 4.78 is 16.6. The molecular formula is C21H22FN3O. The minimum atomic E-state index is -0.361. The van der Waals surface area contributed by atoms with Crippen LogP contribution in [0.25, 0.3) is 5.65 Å². The van der Waals surface area contributed by atoms with Gasteiger partial charge in [0.25, 0.3) is 0 Å². The largest absolute Gasteiger partial charge is 0.343 e. The molecule has 5 heteroatoms. The van der Waals surface area contributed by atoms with Crippen LogP contribution in [0.1, 0.15) is 42.1 Å². The van der Waals surface area contributed by atoms with E-state index in [1.54, 1.807) is 18.3 Å². The molecule has 1 aromatic carbocycles. The van der Waals surface area contributed by atoms with Gasteiger partial charge in [-0.25, -0.2) is 9.37 Å². The Hall–Kier alpha value is -2.69. The zero-order valence-corrected chi connectivity index (χ0v) is 14.9. The maximum absolute atomic E-state index is 14.6. The van der Waals surface area contributed by atoms with E-state index in [9.17, 15) is 9.18 Å². The molecule has 0 N–H and O–H groups in total. The second-order valence-electron chi connectivity index (χ2n) is 6.91. The van der Waals surface area contributed by atoms with Crippen LogP contribution in [0.5, 0.6) is 0 Å². The molecule has 4 rings (SSSR count). The van der Waals surface area contributed by atoms with Crippen LogP contribution in [0.2, 0.25) is 0 Å². The molecule has 1 saturated heterocycles. The van der Waals surface area contributed by atoms with Crippen molar-refractivity contribution in [3.05, 3.63) is 71.4 Å². The molecule has 3 aromatic rings. The molecule has 1 atom stereocenters. The molecule has 1 aliphatic rings. The molecule has 0 radical (unpaired) electrons. The number of hydrogen-bond acceptors (Lipinski definition) is 2. The summed E-state index contributed by atoms with van der Waals surface area (Å²) in [6, 6.07) is 12.6. The lowest BCUT2D eigenvalue weighted by atomic mass is 9.91. The van der Waals surface area contributed by atoms with Crippen LogP contribution in [0.15, 0.2) is 48.7 Å². The first-order chi connectivity index (χ1) is 12.6. The Bertz CT molecular complexity index is 943. The number of fused-ring (bicyclic) bond motifs is 1. The van der Waals surface area contributed by atoms with Crippen LogP contribution in [0.3, 0.4) is 0 Å². The fourth-order valence-corrected chi connectivity index (χ4v) is 3.88. The average molecular weight is 351 g/mol. The van der Waals surface area contributed by atoms with Crippen LogP contribution in [0.4, 0.5) is 4.39 Å². The summed E-state index contributed by atoms with van der Waals surface area (Å²) in [6.45, 7) is 3.60. The summed E-state index contributed by atoms with van der Waals surface area (Å²) in [7, 11) is 0. The van der Waals surface area contributed by atoms with E-state index in [-0.39, 0.29) is 24.1 Å². The smallest absolute Gasteiger partial charge is 0.223 e. The number of aryl methyl sites for hydroxylation is 1. The maximum atomic E-state index is 14.6. The second kappa shape index (κ2) is 6.90. The Morgan fingerprint density at radius 3 is 2.69 bits per heavy atom. The van der Waals surface area contributed by atoms with Gasteiger partial charge in [0.1, 0.15) is 11.5 Å². The number of aromatic nitrogens is 2. The van der Waals surface area contributed by atoms with Crippen LogP contribution in [-0.2, 0) is 4.79 Å². The van der Waals surface area contributed by atoms with Gasteiger partial charge in [-0.05, 0) is 43.5 Å². The molecule has 2 aromatic heterocycles. The van der Waals surface area contributed by atoms with E-state index >= 15 is 0 Å². The van der Waals surface area contributed by atoms with Gasteiger partial charge >= 0.3 is 0 Å². The summed E-state index contributed by atoms with van der Waals surface area (Å²) >= 11 is 0. The number of hydrogen-bond donors (Lipinski definition) is 0. The monoisotopic (exact) mass is 351 g/mol. The molecule has 0 spiro atoms. The van der Waals surface area contributed by atoms with Gasteiger partial charge in [0.05, 0.1) is 5.69 Å². The van der Waals surface area contributed by atoms with Gasteiger partial charge in [0, 0.05) is 37.3 Å². The highest BCUT2D eigenvalue weighted by atomic mass is 19.1. The van der Waals surface area contributed by atoms with Crippen molar-refractivity contribution in [2.45, 2.75) is 32.1 Å². The first kappa shape index (κ1) is 16.8. The minimum Gasteiger partial charge on any atom is -0.343 e. The molecule has 1 unspecified atom stereocenters. The van der Waals surface area contributed by atoms with Gasteiger partial charge in [-0.1, -0.05) is 24.3 Å². The fraction of sp³-hybridized carbons (Fsp3) is 0.333. The molecular weight excluding hydrogens is 329 g/mol. The summed E-state index contributed by atoms with van der Waals surface area (Å²) in [6.07, 6.45) is 4.12. The molecule has 1 fully saturated rings. The normalized spacial score (nSPS) is 15.5. The van der Waals surface area contributed by atoms with Gasteiger partial charge in [-0.15, -0.1) is 0 Å². The number of carbonyl (C=O) groups excluding carboxylic acids is 1. The number of rotatable bonds is 4. The number of amides is 1. The van der Waals surface area contributed by atoms with E-state index in [1.165, 1.54) is 6.07 Å². The third-order valence-electron chi connectivity index (χ3n) is 5.23. The van der Waals surface area contributed by atoms with Crippen molar-refractivity contribution in [1.82, 2.24) is 14.3 Å². The van der Waals surface area contributed by atoms with Crippen molar-refractivity contribution in [3.63, 3.8) is 0 Å². The second-order valence-corrected chi connectivity index (χ2v) is 6.91. The highest BCUT2D eigenvalue weighted by Gasteiger charge is 2.28. The Kier molecular flexibility index (Phi) is 4.45. The van der Waals surface area contributed by atoms with Gasteiger partial charge < -0.3 is 9.30 Å². The van der Waals surface area contributed by atoms with E-state index in [4.69, 9.17) is 0 Å². The van der Waals surface area contributed by atoms with Crippen LogP contribution in [-0.4, -0.2) is 33.3 Å². The number of halogens is 1. The molecule has 3 heterocycles. The summed E-state index contributed by atoms with van der Waals surface area (Å²) in [5.41, 5.74) is 3.24. The number of benzene rings is 1. The third kappa shape index (κ3) is 2.98. The lowest BCUT2D eigenvalue weighted by Crippen LogP contribution is -2.29. The Labute approximate surface area is 152 Å². The molecule has 1 amide bonds. The zero-order chi connectivity index (χ0) is 18.1. The van der Waals surface area contributed by atoms with Gasteiger partial charge in [-0.2, -0.15) is 0 Å². The van der Waals surface area contributed by atoms with E-state index in [0.717, 1.165) is 43.0 Å². The maximum Gasteiger partial charge on any atom is 0.223 e. The Morgan fingerprint density at radius 1 is 1.15 bits per heavy atom. The summed E-state index contributed by atoms with van der Waals surface area (Å²) in [4.78, 5) is 19.2. The summed E-state index contributed by atoms with van der Waals surface area (Å²) in [5.74, 6) is -0.560. The van der Waals surface area contributed by atoms with Crippen LogP contribution in [0, 0.1) is 12.7 Å². The Morgan fingerprint density at radius 2 is 1.92 bits per heavy atom. The fourth-order valence-electron chi connectivity index (χ4n) is 3.88. The Balaban J connectivity index is 1.79. The van der Waals surface area contributed by atoms with Crippen molar-refractivity contribution in [1.29, 1.82) is 0 Å². The number of nitrogens with zero attached hydrogens (tertiary/aromatic N) is 3. The van der Waals surface area contributed by atoms with Crippen molar-refractivity contribution in [2.75, 3.05) is 13.1 Å². The van der Waals surface area contributed by atoms with Gasteiger partial charge in [-0.3, -0.25) is 4.79 Å². The highest BCUT2D eigenvalue weighted by Crippen LogP contribution is 2.32. The van der Waals surface area contributed by atoms with Gasteiger partial charge in [0.2, 0.25) is 5.91 Å². The molecule has 4 nitrogen and oxygen atoms in total. The number of pyridine rings is 1. The third-order valence-corrected chi connectivity index (χ3v) is 5.23. The standard InChI is InChI=1S/C21H22FN3O/c1-15-7-6-10-20-23-14-19(25(15)20)17(16-8-2-3-9-18(16)22)13-21(26)24-11-4-5-12-24/h2-3,6-10,14,17H,4-5,11-13H2,1H3. The van der Waals surface area contributed by atoms with Gasteiger partial charge in [0.15, 0.2) is 0 Å². The topological polar surface area (TPSA) is 37.6 Å². The predicted molar refractivity (Wildman–Crippen MR) is 98.6 cm³/mol. The molecule has 0 bridgehead atoms. The molecule has 0 saturated carbocycles. The quantitative estimate of drug-likeness (QED) is 0.714. The lowest BCUT2D eigenvalue weighted by Gasteiger charge is -2.22. The predicted octanol–water partition coefficient (Wildman–Crippen LogP) is 3.93. The SMILES string of the molecule is Cc1cccc2ncc(C(CC(=O)N3CCCC3)c3ccccc3F)n12. The highest BCUT2D eigenvalue weighted by molar-refractivity contribution is 5.78. The van der Waals surface area contributed by atoms with E-state index < -0.39 is 0 Å². The molecule has 0 aliphatic carbocycles. The van der Waals surface area contributed by atoms with Crippen molar-refractivity contribution >= 4 is 11.6 Å². The first-order valence-electron chi connectivity index (χ1n) is 9.10. The molecule has 1 aliphatic heterocycles. The van der Waals surface area contributed by atoms with E-state index in [2.05, 4.69) is 4.98 Å². The van der Waals surface area contributed by atoms with E-state index in [1.807, 2.05) is 40.5 Å². The number of imidazole rings is 1. The van der Waals surface area contributed by atoms with Crippen molar-refractivity contribution in [3.8, 4) is 0 Å². The van der Waals surface area contributed by atoms with Crippen LogP contribution >= 0.6 is 0 Å². The number of carbonyl (C=O) groups is 1. The minimum absolute atomic E-state index is 0.0827. The number of likely N-dealkylation sites (tertiary alicyclic amines) is 1. The molecule has 134 valence electrons. The molecule has 26 heavy (non-hydrogen) atoms. The van der Waals surface area contributed by atoms with Crippen LogP contribution < -0.4 is 0 Å².